The molecule has 1 heterocycles. The van der Waals surface area contributed by atoms with E-state index < -0.39 is 0 Å². The summed E-state index contributed by atoms with van der Waals surface area (Å²) in [6, 6.07) is 8.78. The Morgan fingerprint density at radius 1 is 1.26 bits per heavy atom. The standard InChI is InChI=1S/C12H7Br3N2O2/c13-8-3-1-2-7(4-8)12(18)17-16-6-9-5-10(14)11(15)19-9/h1-6H,(H,17,18)/b16-6+. The molecule has 7 heteroatoms. The molecule has 2 aromatic rings. The number of hydrogen-bond donors (Lipinski definition) is 1. The second-order valence-corrected chi connectivity index (χ2v) is 5.97. The number of nitrogens with one attached hydrogen (secondary N) is 1. The predicted molar refractivity (Wildman–Crippen MR) is 83.3 cm³/mol. The van der Waals surface area contributed by atoms with E-state index in [9.17, 15) is 4.79 Å². The van der Waals surface area contributed by atoms with Gasteiger partial charge in [-0.2, -0.15) is 5.10 Å². The van der Waals surface area contributed by atoms with Gasteiger partial charge in [-0.15, -0.1) is 0 Å². The molecule has 0 atom stereocenters. The highest BCUT2D eigenvalue weighted by Gasteiger charge is 2.05. The van der Waals surface area contributed by atoms with E-state index in [1.54, 1.807) is 24.3 Å². The molecule has 0 saturated carbocycles. The summed E-state index contributed by atoms with van der Waals surface area (Å²) in [4.78, 5) is 11.8. The molecule has 1 N–H and O–H groups in total. The monoisotopic (exact) mass is 448 g/mol. The number of carbonyl (C=O) groups is 1. The largest absolute Gasteiger partial charge is 0.447 e. The molecule has 1 aromatic carbocycles. The first-order chi connectivity index (χ1) is 9.06. The summed E-state index contributed by atoms with van der Waals surface area (Å²) in [6.07, 6.45) is 1.42. The normalized spacial score (nSPS) is 10.9. The fraction of sp³-hybridized carbons (Fsp3) is 0. The number of rotatable bonds is 3. The van der Waals surface area contributed by atoms with Gasteiger partial charge in [-0.1, -0.05) is 22.0 Å². The van der Waals surface area contributed by atoms with Gasteiger partial charge in [-0.3, -0.25) is 4.79 Å². The van der Waals surface area contributed by atoms with Crippen molar-refractivity contribution >= 4 is 59.9 Å². The van der Waals surface area contributed by atoms with Gasteiger partial charge in [0.05, 0.1) is 10.7 Å². The van der Waals surface area contributed by atoms with Crippen molar-refractivity contribution in [1.29, 1.82) is 0 Å². The molecular weight excluding hydrogens is 444 g/mol. The van der Waals surface area contributed by atoms with Crippen LogP contribution in [0.2, 0.25) is 0 Å². The van der Waals surface area contributed by atoms with Gasteiger partial charge in [0, 0.05) is 16.1 Å². The number of benzene rings is 1. The molecule has 1 amide bonds. The Kier molecular flexibility index (Phi) is 4.95. The summed E-state index contributed by atoms with van der Waals surface area (Å²) in [5.74, 6) is 0.232. The quantitative estimate of drug-likeness (QED) is 0.559. The predicted octanol–water partition coefficient (Wildman–Crippen LogP) is 4.33. The van der Waals surface area contributed by atoms with E-state index in [0.29, 0.717) is 16.0 Å². The summed E-state index contributed by atoms with van der Waals surface area (Å²) in [6.45, 7) is 0. The summed E-state index contributed by atoms with van der Waals surface area (Å²) >= 11 is 9.80. The van der Waals surface area contributed by atoms with Crippen molar-refractivity contribution in [2.45, 2.75) is 0 Å². The number of amides is 1. The second-order valence-electron chi connectivity index (χ2n) is 3.48. The highest BCUT2D eigenvalue weighted by atomic mass is 79.9. The zero-order valence-corrected chi connectivity index (χ0v) is 14.1. The van der Waals surface area contributed by atoms with Gasteiger partial charge < -0.3 is 4.42 Å². The minimum atomic E-state index is -0.290. The minimum Gasteiger partial charge on any atom is -0.447 e. The van der Waals surface area contributed by atoms with Gasteiger partial charge in [0.25, 0.3) is 5.91 Å². The van der Waals surface area contributed by atoms with Gasteiger partial charge in [-0.05, 0) is 50.1 Å². The number of halogens is 3. The third-order valence-electron chi connectivity index (χ3n) is 2.11. The van der Waals surface area contributed by atoms with Crippen LogP contribution in [0, 0.1) is 0 Å². The van der Waals surface area contributed by atoms with Crippen LogP contribution in [0.15, 0.2) is 53.5 Å². The molecule has 0 saturated heterocycles. The van der Waals surface area contributed by atoms with Crippen molar-refractivity contribution < 1.29 is 9.21 Å². The lowest BCUT2D eigenvalue weighted by Gasteiger charge is -1.99. The molecule has 4 nitrogen and oxygen atoms in total. The minimum absolute atomic E-state index is 0.290. The Morgan fingerprint density at radius 2 is 2.05 bits per heavy atom. The Labute approximate surface area is 134 Å². The molecule has 0 aliphatic heterocycles. The zero-order valence-electron chi connectivity index (χ0n) is 9.36. The van der Waals surface area contributed by atoms with Gasteiger partial charge >= 0.3 is 0 Å². The van der Waals surface area contributed by atoms with Crippen molar-refractivity contribution in [3.63, 3.8) is 0 Å². The van der Waals surface area contributed by atoms with E-state index in [1.165, 1.54) is 6.21 Å². The van der Waals surface area contributed by atoms with Gasteiger partial charge in [0.2, 0.25) is 0 Å². The maximum absolute atomic E-state index is 11.8. The van der Waals surface area contributed by atoms with Gasteiger partial charge in [0.1, 0.15) is 5.76 Å². The topological polar surface area (TPSA) is 54.6 Å². The first-order valence-corrected chi connectivity index (χ1v) is 7.48. The summed E-state index contributed by atoms with van der Waals surface area (Å²) in [5.41, 5.74) is 2.94. The van der Waals surface area contributed by atoms with E-state index in [2.05, 4.69) is 58.3 Å². The first kappa shape index (κ1) is 14.5. The first-order valence-electron chi connectivity index (χ1n) is 5.10. The molecule has 0 fully saturated rings. The molecule has 19 heavy (non-hydrogen) atoms. The van der Waals surface area contributed by atoms with Crippen molar-refractivity contribution in [3.8, 4) is 0 Å². The van der Waals surface area contributed by atoms with Crippen molar-refractivity contribution in [3.05, 3.63) is 55.3 Å². The molecule has 0 spiro atoms. The van der Waals surface area contributed by atoms with Crippen LogP contribution in [0.1, 0.15) is 16.1 Å². The third-order valence-corrected chi connectivity index (χ3v) is 4.31. The smallest absolute Gasteiger partial charge is 0.271 e. The average Bonchev–Trinajstić information content (AvgIpc) is 2.68. The Hall–Kier alpha value is -0.920. The van der Waals surface area contributed by atoms with Crippen LogP contribution in [-0.2, 0) is 0 Å². The highest BCUT2D eigenvalue weighted by Crippen LogP contribution is 2.25. The van der Waals surface area contributed by atoms with Crippen molar-refractivity contribution in [2.24, 2.45) is 5.10 Å². The van der Waals surface area contributed by atoms with E-state index >= 15 is 0 Å². The number of hydrogen-bond acceptors (Lipinski definition) is 3. The lowest BCUT2D eigenvalue weighted by molar-refractivity contribution is 0.0955. The Bertz CT molecular complexity index is 618. The number of hydrazone groups is 1. The SMILES string of the molecule is O=C(N/N=C/c1cc(Br)c(Br)o1)c1cccc(Br)c1. The van der Waals surface area contributed by atoms with Crippen LogP contribution in [0.5, 0.6) is 0 Å². The van der Waals surface area contributed by atoms with Gasteiger partial charge in [0.15, 0.2) is 4.67 Å². The fourth-order valence-corrected chi connectivity index (χ4v) is 2.28. The summed E-state index contributed by atoms with van der Waals surface area (Å²) in [7, 11) is 0. The maximum Gasteiger partial charge on any atom is 0.271 e. The van der Waals surface area contributed by atoms with Crippen molar-refractivity contribution in [2.75, 3.05) is 0 Å². The Balaban J connectivity index is 2.00. The molecule has 0 aliphatic rings. The third kappa shape index (κ3) is 4.02. The molecule has 0 bridgehead atoms. The lowest BCUT2D eigenvalue weighted by atomic mass is 10.2. The molecule has 0 aliphatic carbocycles. The number of furan rings is 1. The van der Waals surface area contributed by atoms with E-state index in [4.69, 9.17) is 4.42 Å². The van der Waals surface area contributed by atoms with E-state index in [1.807, 2.05) is 6.07 Å². The average molecular weight is 451 g/mol. The van der Waals surface area contributed by atoms with Crippen LogP contribution < -0.4 is 5.43 Å². The van der Waals surface area contributed by atoms with Crippen LogP contribution in [0.4, 0.5) is 0 Å². The molecule has 1 aromatic heterocycles. The molecule has 2 rings (SSSR count). The summed E-state index contributed by atoms with van der Waals surface area (Å²) < 4.78 is 7.48. The maximum atomic E-state index is 11.8. The molecule has 98 valence electrons. The van der Waals surface area contributed by atoms with E-state index in [0.717, 1.165) is 8.95 Å². The molecular formula is C12H7Br3N2O2. The zero-order chi connectivity index (χ0) is 13.8. The fourth-order valence-electron chi connectivity index (χ4n) is 1.28. The summed E-state index contributed by atoms with van der Waals surface area (Å²) in [5, 5.41) is 3.83. The number of nitrogens with zero attached hydrogens (tertiary/aromatic N) is 1. The van der Waals surface area contributed by atoms with Crippen LogP contribution in [0.25, 0.3) is 0 Å². The van der Waals surface area contributed by atoms with Crippen molar-refractivity contribution in [1.82, 2.24) is 5.43 Å². The second kappa shape index (κ2) is 6.49. The van der Waals surface area contributed by atoms with Gasteiger partial charge in [-0.25, -0.2) is 5.43 Å². The van der Waals surface area contributed by atoms with Crippen LogP contribution >= 0.6 is 47.8 Å². The van der Waals surface area contributed by atoms with Crippen LogP contribution in [-0.4, -0.2) is 12.1 Å². The number of carbonyl (C=O) groups excluding carboxylic acids is 1. The lowest BCUT2D eigenvalue weighted by Crippen LogP contribution is -2.17. The molecule has 0 radical (unpaired) electrons. The Morgan fingerprint density at radius 3 is 2.68 bits per heavy atom. The molecule has 0 unspecified atom stereocenters. The highest BCUT2D eigenvalue weighted by molar-refractivity contribution is 9.13. The van der Waals surface area contributed by atoms with E-state index in [-0.39, 0.29) is 5.91 Å². The van der Waals surface area contributed by atoms with Crippen LogP contribution in [0.3, 0.4) is 0 Å².